The van der Waals surface area contributed by atoms with E-state index in [2.05, 4.69) is 15.1 Å². The predicted molar refractivity (Wildman–Crippen MR) is 92.5 cm³/mol. The van der Waals surface area contributed by atoms with Crippen molar-refractivity contribution in [1.82, 2.24) is 10.1 Å². The minimum Gasteiger partial charge on any atom is -0.494 e. The highest BCUT2D eigenvalue weighted by atomic mass is 19.1. The first-order valence-corrected chi connectivity index (χ1v) is 8.10. The standard InChI is InChI=1S/C19H14FN3O3/c1-2-25-13-6-3-11(4-7-13)18-22-19(26-23-18)15-10-21-16-8-5-12(20)9-14(16)17(15)24/h3-10,15H,2H2,1H3. The molecule has 0 amide bonds. The van der Waals surface area contributed by atoms with Crippen LogP contribution >= 0.6 is 0 Å². The molecular formula is C19H14FN3O3. The Morgan fingerprint density at radius 1 is 1.19 bits per heavy atom. The number of ketones is 1. The van der Waals surface area contributed by atoms with Gasteiger partial charge in [-0.2, -0.15) is 4.98 Å². The Balaban J connectivity index is 1.61. The SMILES string of the molecule is CCOc1ccc(-c2noc(C3C=Nc4ccc(F)cc4C3=O)n2)cc1. The highest BCUT2D eigenvalue weighted by Gasteiger charge is 2.31. The van der Waals surface area contributed by atoms with Crippen molar-refractivity contribution in [3.8, 4) is 17.1 Å². The monoisotopic (exact) mass is 351 g/mol. The van der Waals surface area contributed by atoms with Crippen LogP contribution < -0.4 is 4.74 Å². The van der Waals surface area contributed by atoms with Crippen LogP contribution in [0.25, 0.3) is 11.4 Å². The summed E-state index contributed by atoms with van der Waals surface area (Å²) < 4.78 is 24.1. The van der Waals surface area contributed by atoms with Crippen LogP contribution in [-0.4, -0.2) is 28.7 Å². The third-order valence-electron chi connectivity index (χ3n) is 4.00. The smallest absolute Gasteiger partial charge is 0.243 e. The van der Waals surface area contributed by atoms with Crippen molar-refractivity contribution in [2.24, 2.45) is 4.99 Å². The summed E-state index contributed by atoms with van der Waals surface area (Å²) in [7, 11) is 0. The second kappa shape index (κ2) is 6.51. The topological polar surface area (TPSA) is 77.6 Å². The van der Waals surface area contributed by atoms with E-state index in [1.807, 2.05) is 6.92 Å². The molecule has 0 N–H and O–H groups in total. The quantitative estimate of drug-likeness (QED) is 0.711. The third kappa shape index (κ3) is 2.88. The van der Waals surface area contributed by atoms with E-state index in [1.54, 1.807) is 24.3 Å². The molecule has 1 aliphatic heterocycles. The predicted octanol–water partition coefficient (Wildman–Crippen LogP) is 3.96. The lowest BCUT2D eigenvalue weighted by Gasteiger charge is -2.14. The fourth-order valence-electron chi connectivity index (χ4n) is 2.73. The van der Waals surface area contributed by atoms with E-state index in [0.29, 0.717) is 18.1 Å². The van der Waals surface area contributed by atoms with Crippen molar-refractivity contribution >= 4 is 17.7 Å². The summed E-state index contributed by atoms with van der Waals surface area (Å²) in [6.45, 7) is 2.49. The molecule has 0 radical (unpaired) electrons. The van der Waals surface area contributed by atoms with Crippen LogP contribution in [0, 0.1) is 5.82 Å². The first kappa shape index (κ1) is 16.1. The maximum atomic E-state index is 13.4. The van der Waals surface area contributed by atoms with Crippen LogP contribution in [-0.2, 0) is 0 Å². The zero-order valence-corrected chi connectivity index (χ0v) is 13.8. The number of aliphatic imine (C=N–C) groups is 1. The number of Topliss-reactive ketones (excluding diaryl/α,β-unsaturated/α-hetero) is 1. The van der Waals surface area contributed by atoms with Crippen molar-refractivity contribution in [1.29, 1.82) is 0 Å². The lowest BCUT2D eigenvalue weighted by Crippen LogP contribution is -2.18. The van der Waals surface area contributed by atoms with Gasteiger partial charge in [0.25, 0.3) is 0 Å². The van der Waals surface area contributed by atoms with E-state index >= 15 is 0 Å². The fraction of sp³-hybridized carbons (Fsp3) is 0.158. The molecule has 0 spiro atoms. The van der Waals surface area contributed by atoms with Crippen molar-refractivity contribution in [3.63, 3.8) is 0 Å². The van der Waals surface area contributed by atoms with Crippen LogP contribution in [0.5, 0.6) is 5.75 Å². The Hall–Kier alpha value is -3.35. The Labute approximate surface area is 148 Å². The number of hydrogen-bond acceptors (Lipinski definition) is 6. The van der Waals surface area contributed by atoms with E-state index in [9.17, 15) is 9.18 Å². The van der Waals surface area contributed by atoms with E-state index in [1.165, 1.54) is 24.4 Å². The Bertz CT molecular complexity index is 996. The number of hydrogen-bond donors (Lipinski definition) is 0. The van der Waals surface area contributed by atoms with Crippen molar-refractivity contribution in [2.75, 3.05) is 6.61 Å². The molecule has 6 nitrogen and oxygen atoms in total. The van der Waals surface area contributed by atoms with Gasteiger partial charge in [0.2, 0.25) is 11.7 Å². The lowest BCUT2D eigenvalue weighted by molar-refractivity contribution is 0.0971. The number of aromatic nitrogens is 2. The van der Waals surface area contributed by atoms with Gasteiger partial charge in [0.15, 0.2) is 5.78 Å². The minimum absolute atomic E-state index is 0.123. The normalized spacial score (nSPS) is 15.8. The largest absolute Gasteiger partial charge is 0.494 e. The van der Waals surface area contributed by atoms with E-state index in [0.717, 1.165) is 11.3 Å². The molecule has 1 atom stereocenters. The van der Waals surface area contributed by atoms with Gasteiger partial charge in [-0.3, -0.25) is 9.79 Å². The summed E-state index contributed by atoms with van der Waals surface area (Å²) in [4.78, 5) is 21.1. The molecule has 26 heavy (non-hydrogen) atoms. The highest BCUT2D eigenvalue weighted by molar-refractivity contribution is 6.15. The molecule has 7 heteroatoms. The first-order valence-electron chi connectivity index (χ1n) is 8.10. The molecule has 2 heterocycles. The maximum absolute atomic E-state index is 13.4. The minimum atomic E-state index is -0.826. The molecule has 4 rings (SSSR count). The molecule has 1 unspecified atom stereocenters. The number of fused-ring (bicyclic) bond motifs is 1. The number of nitrogens with zero attached hydrogens (tertiary/aromatic N) is 3. The second-order valence-corrected chi connectivity index (χ2v) is 5.70. The summed E-state index contributed by atoms with van der Waals surface area (Å²) in [5, 5.41) is 3.93. The van der Waals surface area contributed by atoms with Gasteiger partial charge in [-0.1, -0.05) is 5.16 Å². The maximum Gasteiger partial charge on any atom is 0.243 e. The molecule has 0 bridgehead atoms. The van der Waals surface area contributed by atoms with Gasteiger partial charge in [0.05, 0.1) is 12.3 Å². The van der Waals surface area contributed by atoms with E-state index in [-0.39, 0.29) is 17.2 Å². The average molecular weight is 351 g/mol. The molecule has 3 aromatic rings. The molecule has 0 saturated carbocycles. The Morgan fingerprint density at radius 3 is 2.77 bits per heavy atom. The van der Waals surface area contributed by atoms with Gasteiger partial charge in [0, 0.05) is 17.3 Å². The molecule has 0 aliphatic carbocycles. The van der Waals surface area contributed by atoms with Crippen LogP contribution in [0.2, 0.25) is 0 Å². The summed E-state index contributed by atoms with van der Waals surface area (Å²) in [6.07, 6.45) is 1.44. The van der Waals surface area contributed by atoms with Crippen LogP contribution in [0.15, 0.2) is 52.0 Å². The lowest BCUT2D eigenvalue weighted by atomic mass is 9.94. The second-order valence-electron chi connectivity index (χ2n) is 5.70. The van der Waals surface area contributed by atoms with Gasteiger partial charge in [-0.05, 0) is 49.4 Å². The fourth-order valence-corrected chi connectivity index (χ4v) is 2.73. The van der Waals surface area contributed by atoms with Crippen molar-refractivity contribution in [3.05, 3.63) is 59.7 Å². The molecular weight excluding hydrogens is 337 g/mol. The molecule has 1 aliphatic rings. The van der Waals surface area contributed by atoms with Gasteiger partial charge in [-0.25, -0.2) is 4.39 Å². The highest BCUT2D eigenvalue weighted by Crippen LogP contribution is 2.31. The summed E-state index contributed by atoms with van der Waals surface area (Å²) in [6, 6.07) is 11.1. The van der Waals surface area contributed by atoms with Gasteiger partial charge in [0.1, 0.15) is 17.5 Å². The van der Waals surface area contributed by atoms with Crippen molar-refractivity contribution in [2.45, 2.75) is 12.8 Å². The first-order chi connectivity index (χ1) is 12.7. The van der Waals surface area contributed by atoms with Gasteiger partial charge >= 0.3 is 0 Å². The zero-order chi connectivity index (χ0) is 18.1. The van der Waals surface area contributed by atoms with Gasteiger partial charge < -0.3 is 9.26 Å². The molecule has 0 saturated heterocycles. The summed E-state index contributed by atoms with van der Waals surface area (Å²) in [5.41, 5.74) is 1.37. The van der Waals surface area contributed by atoms with Crippen LogP contribution in [0.4, 0.5) is 10.1 Å². The number of carbonyl (C=O) groups is 1. The molecule has 2 aromatic carbocycles. The van der Waals surface area contributed by atoms with E-state index < -0.39 is 11.7 Å². The van der Waals surface area contributed by atoms with E-state index in [4.69, 9.17) is 9.26 Å². The molecule has 0 fully saturated rings. The molecule has 1 aromatic heterocycles. The number of halogens is 1. The average Bonchev–Trinajstić information content (AvgIpc) is 3.13. The summed E-state index contributed by atoms with van der Waals surface area (Å²) in [5.74, 6) is -0.418. The van der Waals surface area contributed by atoms with Crippen molar-refractivity contribution < 1.29 is 18.4 Å². The number of rotatable bonds is 4. The van der Waals surface area contributed by atoms with Crippen LogP contribution in [0.3, 0.4) is 0 Å². The van der Waals surface area contributed by atoms with Gasteiger partial charge in [-0.15, -0.1) is 0 Å². The Morgan fingerprint density at radius 2 is 2.00 bits per heavy atom. The zero-order valence-electron chi connectivity index (χ0n) is 13.8. The number of benzene rings is 2. The molecule has 130 valence electrons. The third-order valence-corrected chi connectivity index (χ3v) is 4.00. The summed E-state index contributed by atoms with van der Waals surface area (Å²) >= 11 is 0. The van der Waals surface area contributed by atoms with Crippen LogP contribution in [0.1, 0.15) is 29.1 Å². The number of ether oxygens (including phenoxy) is 1. The Kier molecular flexibility index (Phi) is 4.04. The number of carbonyl (C=O) groups excluding carboxylic acids is 1.